The summed E-state index contributed by atoms with van der Waals surface area (Å²) in [4.78, 5) is 13.8. The molecule has 0 saturated carbocycles. The molecule has 0 aliphatic heterocycles. The maximum atomic E-state index is 12.3. The Bertz CT molecular complexity index is 437. The molecule has 0 aliphatic rings. The molecular weight excluding hydrogens is 240 g/mol. The Balaban J connectivity index is 2.83. The molecule has 0 bridgehead atoms. The molecule has 0 radical (unpaired) electrons. The fourth-order valence-corrected chi connectivity index (χ4v) is 1.88. The number of carbonyl (C=O) groups is 1. The van der Waals surface area contributed by atoms with Crippen LogP contribution in [0.1, 0.15) is 19.4 Å². The highest BCUT2D eigenvalue weighted by atomic mass is 16.3. The van der Waals surface area contributed by atoms with Gasteiger partial charge in [0.05, 0.1) is 12.7 Å². The molecular formula is C15H20N2O2. The second kappa shape index (κ2) is 7.55. The molecule has 0 aliphatic carbocycles. The van der Waals surface area contributed by atoms with Crippen LogP contribution in [0.3, 0.4) is 0 Å². The van der Waals surface area contributed by atoms with Crippen molar-refractivity contribution in [2.45, 2.75) is 20.4 Å². The van der Waals surface area contributed by atoms with Gasteiger partial charge in [-0.15, -0.1) is 0 Å². The first-order valence-electron chi connectivity index (χ1n) is 6.43. The van der Waals surface area contributed by atoms with Crippen LogP contribution in [0.15, 0.2) is 30.3 Å². The predicted molar refractivity (Wildman–Crippen MR) is 72.9 cm³/mol. The average Bonchev–Trinajstić information content (AvgIpc) is 2.39. The first kappa shape index (κ1) is 15.2. The molecule has 4 heteroatoms. The zero-order valence-corrected chi connectivity index (χ0v) is 11.4. The Labute approximate surface area is 114 Å². The van der Waals surface area contributed by atoms with Crippen LogP contribution in [-0.2, 0) is 11.3 Å². The van der Waals surface area contributed by atoms with E-state index in [1.54, 1.807) is 4.90 Å². The summed E-state index contributed by atoms with van der Waals surface area (Å²) in [6, 6.07) is 11.6. The number of benzene rings is 1. The van der Waals surface area contributed by atoms with Crippen molar-refractivity contribution in [2.24, 2.45) is 11.8 Å². The molecule has 1 aromatic rings. The van der Waals surface area contributed by atoms with Crippen molar-refractivity contribution < 1.29 is 9.90 Å². The maximum Gasteiger partial charge on any atom is 0.240 e. The monoisotopic (exact) mass is 260 g/mol. The van der Waals surface area contributed by atoms with Crippen molar-refractivity contribution in [2.75, 3.05) is 13.2 Å². The molecule has 1 rings (SSSR count). The summed E-state index contributed by atoms with van der Waals surface area (Å²) in [5, 5.41) is 18.2. The van der Waals surface area contributed by atoms with Gasteiger partial charge in [-0.25, -0.2) is 0 Å². The van der Waals surface area contributed by atoms with E-state index in [-0.39, 0.29) is 25.0 Å². The average molecular weight is 260 g/mol. The van der Waals surface area contributed by atoms with Gasteiger partial charge in [0.2, 0.25) is 5.91 Å². The Morgan fingerprint density at radius 3 is 2.47 bits per heavy atom. The van der Waals surface area contributed by atoms with Gasteiger partial charge in [-0.05, 0) is 11.5 Å². The lowest BCUT2D eigenvalue weighted by Gasteiger charge is -2.25. The summed E-state index contributed by atoms with van der Waals surface area (Å²) >= 11 is 0. The van der Waals surface area contributed by atoms with E-state index in [1.807, 2.05) is 44.2 Å². The zero-order chi connectivity index (χ0) is 14.3. The highest BCUT2D eigenvalue weighted by Gasteiger charge is 2.26. The normalized spacial score (nSPS) is 11.9. The number of aliphatic hydroxyl groups is 1. The number of nitriles is 1. The maximum absolute atomic E-state index is 12.3. The van der Waals surface area contributed by atoms with Crippen molar-refractivity contribution in [3.8, 4) is 6.07 Å². The van der Waals surface area contributed by atoms with Crippen molar-refractivity contribution in [1.29, 1.82) is 5.26 Å². The molecule has 102 valence electrons. The van der Waals surface area contributed by atoms with Gasteiger partial charge in [-0.1, -0.05) is 44.2 Å². The Kier molecular flexibility index (Phi) is 6.04. The minimum absolute atomic E-state index is 0.0329. The van der Waals surface area contributed by atoms with E-state index in [0.29, 0.717) is 6.54 Å². The number of amides is 1. The van der Waals surface area contributed by atoms with Gasteiger partial charge < -0.3 is 10.0 Å². The van der Waals surface area contributed by atoms with E-state index >= 15 is 0 Å². The van der Waals surface area contributed by atoms with E-state index in [1.165, 1.54) is 0 Å². The predicted octanol–water partition coefficient (Wildman–Crippen LogP) is 1.80. The van der Waals surface area contributed by atoms with Crippen LogP contribution in [0, 0.1) is 23.2 Å². The standard InChI is InChI=1S/C15H20N2O2/c1-12(2)14(10-16)15(19)17(8-9-18)11-13-6-4-3-5-7-13/h3-7,12,14,18H,8-9,11H2,1-2H3. The second-order valence-electron chi connectivity index (χ2n) is 4.82. The Morgan fingerprint density at radius 1 is 1.37 bits per heavy atom. The molecule has 1 unspecified atom stereocenters. The van der Waals surface area contributed by atoms with E-state index < -0.39 is 5.92 Å². The fraction of sp³-hybridized carbons (Fsp3) is 0.467. The molecule has 1 N–H and O–H groups in total. The van der Waals surface area contributed by atoms with Crippen LogP contribution in [0.2, 0.25) is 0 Å². The summed E-state index contributed by atoms with van der Waals surface area (Å²) in [6.07, 6.45) is 0. The lowest BCUT2D eigenvalue weighted by atomic mass is 9.95. The van der Waals surface area contributed by atoms with Crippen LogP contribution in [0.25, 0.3) is 0 Å². The third kappa shape index (κ3) is 4.38. The lowest BCUT2D eigenvalue weighted by molar-refractivity contribution is -0.136. The molecule has 0 aromatic heterocycles. The van der Waals surface area contributed by atoms with Gasteiger partial charge in [0.1, 0.15) is 5.92 Å². The largest absolute Gasteiger partial charge is 0.395 e. The number of nitrogens with zero attached hydrogens (tertiary/aromatic N) is 2. The summed E-state index contributed by atoms with van der Waals surface area (Å²) in [5.74, 6) is -0.903. The number of hydrogen-bond donors (Lipinski definition) is 1. The smallest absolute Gasteiger partial charge is 0.240 e. The number of carbonyl (C=O) groups excluding carboxylic acids is 1. The molecule has 0 fully saturated rings. The summed E-state index contributed by atoms with van der Waals surface area (Å²) in [6.45, 7) is 4.27. The molecule has 1 atom stereocenters. The highest BCUT2D eigenvalue weighted by molar-refractivity contribution is 5.81. The summed E-state index contributed by atoms with van der Waals surface area (Å²) < 4.78 is 0. The summed E-state index contributed by atoms with van der Waals surface area (Å²) in [7, 11) is 0. The minimum Gasteiger partial charge on any atom is -0.395 e. The number of hydrogen-bond acceptors (Lipinski definition) is 3. The second-order valence-corrected chi connectivity index (χ2v) is 4.82. The van der Waals surface area contributed by atoms with Crippen LogP contribution in [0.5, 0.6) is 0 Å². The first-order valence-corrected chi connectivity index (χ1v) is 6.43. The molecule has 4 nitrogen and oxygen atoms in total. The van der Waals surface area contributed by atoms with Gasteiger partial charge in [-0.2, -0.15) is 5.26 Å². The lowest BCUT2D eigenvalue weighted by Crippen LogP contribution is -2.39. The van der Waals surface area contributed by atoms with Gasteiger partial charge in [0.15, 0.2) is 0 Å². The minimum atomic E-state index is -0.657. The quantitative estimate of drug-likeness (QED) is 0.848. The summed E-state index contributed by atoms with van der Waals surface area (Å²) in [5.41, 5.74) is 0.991. The molecule has 0 spiro atoms. The third-order valence-electron chi connectivity index (χ3n) is 2.97. The van der Waals surface area contributed by atoms with E-state index in [4.69, 9.17) is 10.4 Å². The van der Waals surface area contributed by atoms with Crippen molar-refractivity contribution in [3.05, 3.63) is 35.9 Å². The van der Waals surface area contributed by atoms with Crippen molar-refractivity contribution >= 4 is 5.91 Å². The van der Waals surface area contributed by atoms with Crippen LogP contribution < -0.4 is 0 Å². The van der Waals surface area contributed by atoms with Crippen LogP contribution in [0.4, 0.5) is 0 Å². The molecule has 0 heterocycles. The third-order valence-corrected chi connectivity index (χ3v) is 2.97. The van der Waals surface area contributed by atoms with Gasteiger partial charge in [0.25, 0.3) is 0 Å². The molecule has 19 heavy (non-hydrogen) atoms. The van der Waals surface area contributed by atoms with Gasteiger partial charge in [0, 0.05) is 13.1 Å². The Hall–Kier alpha value is -1.86. The number of aliphatic hydroxyl groups excluding tert-OH is 1. The SMILES string of the molecule is CC(C)C(C#N)C(=O)N(CCO)Cc1ccccc1. The van der Waals surface area contributed by atoms with E-state index in [9.17, 15) is 4.79 Å². The van der Waals surface area contributed by atoms with E-state index in [2.05, 4.69) is 6.07 Å². The highest BCUT2D eigenvalue weighted by Crippen LogP contribution is 2.15. The van der Waals surface area contributed by atoms with E-state index in [0.717, 1.165) is 5.56 Å². The van der Waals surface area contributed by atoms with Crippen LogP contribution in [-0.4, -0.2) is 29.1 Å². The zero-order valence-electron chi connectivity index (χ0n) is 11.4. The van der Waals surface area contributed by atoms with Gasteiger partial charge >= 0.3 is 0 Å². The van der Waals surface area contributed by atoms with Crippen LogP contribution >= 0.6 is 0 Å². The number of rotatable bonds is 6. The fourth-order valence-electron chi connectivity index (χ4n) is 1.88. The Morgan fingerprint density at radius 2 is 2.00 bits per heavy atom. The first-order chi connectivity index (χ1) is 9.10. The topological polar surface area (TPSA) is 64.3 Å². The van der Waals surface area contributed by atoms with Crippen molar-refractivity contribution in [3.63, 3.8) is 0 Å². The molecule has 0 saturated heterocycles. The van der Waals surface area contributed by atoms with Crippen molar-refractivity contribution in [1.82, 2.24) is 4.90 Å². The molecule has 1 aromatic carbocycles. The molecule has 1 amide bonds. The van der Waals surface area contributed by atoms with Gasteiger partial charge in [-0.3, -0.25) is 4.79 Å².